The zero-order valence-corrected chi connectivity index (χ0v) is 20.1. The summed E-state index contributed by atoms with van der Waals surface area (Å²) in [6.07, 6.45) is 6.59. The lowest BCUT2D eigenvalue weighted by atomic mass is 10.0. The number of benzene rings is 1. The Balaban J connectivity index is 0.00000300. The standard InChI is InChI=1S/C22H33N5O.HI/c1-4-5-12-27-13-10-19(11-14-27)26-22(23-3)24-15-20-16-28-21(25-20)18-8-6-17(2)7-9-18;/h6-9,16,19H,4-5,10-15H2,1-3H3,(H2,23,24,26);1H. The van der Waals surface area contributed by atoms with Crippen LogP contribution >= 0.6 is 24.0 Å². The van der Waals surface area contributed by atoms with Gasteiger partial charge < -0.3 is 20.0 Å². The van der Waals surface area contributed by atoms with Gasteiger partial charge in [-0.1, -0.05) is 31.0 Å². The Labute approximate surface area is 191 Å². The number of guanidine groups is 1. The van der Waals surface area contributed by atoms with Crippen molar-refractivity contribution in [2.45, 2.75) is 52.1 Å². The second-order valence-corrected chi connectivity index (χ2v) is 7.55. The fourth-order valence-corrected chi connectivity index (χ4v) is 3.46. The van der Waals surface area contributed by atoms with Crippen LogP contribution in [0, 0.1) is 6.92 Å². The summed E-state index contributed by atoms with van der Waals surface area (Å²) in [7, 11) is 1.81. The molecule has 2 heterocycles. The summed E-state index contributed by atoms with van der Waals surface area (Å²) in [6, 6.07) is 8.68. The van der Waals surface area contributed by atoms with Crippen molar-refractivity contribution < 1.29 is 4.42 Å². The Hall–Kier alpha value is -1.61. The van der Waals surface area contributed by atoms with Crippen LogP contribution in [0.25, 0.3) is 11.5 Å². The molecule has 1 aromatic carbocycles. The lowest BCUT2D eigenvalue weighted by molar-refractivity contribution is 0.203. The first-order chi connectivity index (χ1) is 13.7. The van der Waals surface area contributed by atoms with Crippen LogP contribution in [0.5, 0.6) is 0 Å². The second kappa shape index (κ2) is 12.2. The number of unbranched alkanes of at least 4 members (excludes halogenated alkanes) is 1. The van der Waals surface area contributed by atoms with E-state index in [1.54, 1.807) is 6.26 Å². The number of nitrogens with one attached hydrogen (secondary N) is 2. The Morgan fingerprint density at radius 2 is 1.97 bits per heavy atom. The van der Waals surface area contributed by atoms with Crippen molar-refractivity contribution in [1.29, 1.82) is 0 Å². The van der Waals surface area contributed by atoms with Gasteiger partial charge in [-0.15, -0.1) is 24.0 Å². The maximum Gasteiger partial charge on any atom is 0.226 e. The third-order valence-corrected chi connectivity index (χ3v) is 5.27. The molecule has 0 aliphatic carbocycles. The first-order valence-corrected chi connectivity index (χ1v) is 10.4. The van der Waals surface area contributed by atoms with Crippen LogP contribution in [0.1, 0.15) is 43.9 Å². The van der Waals surface area contributed by atoms with Crippen molar-refractivity contribution in [1.82, 2.24) is 20.5 Å². The molecule has 0 unspecified atom stereocenters. The molecule has 3 rings (SSSR count). The van der Waals surface area contributed by atoms with E-state index in [2.05, 4.69) is 51.5 Å². The molecule has 2 aromatic rings. The number of hydrogen-bond acceptors (Lipinski definition) is 4. The van der Waals surface area contributed by atoms with Crippen molar-refractivity contribution in [2.24, 2.45) is 4.99 Å². The van der Waals surface area contributed by atoms with Gasteiger partial charge in [0, 0.05) is 31.7 Å². The molecule has 0 spiro atoms. The van der Waals surface area contributed by atoms with E-state index in [1.807, 2.05) is 19.2 Å². The molecule has 160 valence electrons. The molecule has 7 heteroatoms. The quantitative estimate of drug-likeness (QED) is 0.332. The number of likely N-dealkylation sites (tertiary alicyclic amines) is 1. The zero-order chi connectivity index (χ0) is 19.8. The highest BCUT2D eigenvalue weighted by molar-refractivity contribution is 14.0. The van der Waals surface area contributed by atoms with Crippen LogP contribution in [0.2, 0.25) is 0 Å². The Morgan fingerprint density at radius 3 is 2.62 bits per heavy atom. The average Bonchev–Trinajstić information content (AvgIpc) is 3.20. The van der Waals surface area contributed by atoms with Gasteiger partial charge in [-0.25, -0.2) is 4.98 Å². The van der Waals surface area contributed by atoms with E-state index in [4.69, 9.17) is 4.42 Å². The van der Waals surface area contributed by atoms with Crippen LogP contribution in [-0.2, 0) is 6.54 Å². The average molecular weight is 511 g/mol. The third kappa shape index (κ3) is 7.29. The van der Waals surface area contributed by atoms with E-state index in [0.717, 1.165) is 43.1 Å². The van der Waals surface area contributed by atoms with E-state index < -0.39 is 0 Å². The molecule has 29 heavy (non-hydrogen) atoms. The molecule has 1 aliphatic rings. The van der Waals surface area contributed by atoms with Gasteiger partial charge in [-0.3, -0.25) is 4.99 Å². The van der Waals surface area contributed by atoms with E-state index in [0.29, 0.717) is 18.5 Å². The lowest BCUT2D eigenvalue weighted by Gasteiger charge is -2.33. The minimum atomic E-state index is 0. The van der Waals surface area contributed by atoms with Crippen molar-refractivity contribution in [3.8, 4) is 11.5 Å². The van der Waals surface area contributed by atoms with Crippen molar-refractivity contribution in [3.05, 3.63) is 41.8 Å². The summed E-state index contributed by atoms with van der Waals surface area (Å²) in [5.41, 5.74) is 3.09. The molecular formula is C22H34IN5O. The molecule has 6 nitrogen and oxygen atoms in total. The number of nitrogens with zero attached hydrogens (tertiary/aromatic N) is 3. The predicted octanol–water partition coefficient (Wildman–Crippen LogP) is 4.20. The van der Waals surface area contributed by atoms with Gasteiger partial charge >= 0.3 is 0 Å². The SMILES string of the molecule is CCCCN1CCC(NC(=NC)NCc2coc(-c3ccc(C)cc3)n2)CC1.I. The van der Waals surface area contributed by atoms with Crippen LogP contribution in [0.3, 0.4) is 0 Å². The number of hydrogen-bond donors (Lipinski definition) is 2. The highest BCUT2D eigenvalue weighted by atomic mass is 127. The van der Waals surface area contributed by atoms with Crippen LogP contribution < -0.4 is 10.6 Å². The Bertz CT molecular complexity index is 751. The molecule has 1 saturated heterocycles. The first-order valence-electron chi connectivity index (χ1n) is 10.4. The first kappa shape index (κ1) is 23.7. The summed E-state index contributed by atoms with van der Waals surface area (Å²) < 4.78 is 5.63. The molecule has 0 saturated carbocycles. The van der Waals surface area contributed by atoms with E-state index in [1.165, 1.54) is 24.9 Å². The molecule has 0 atom stereocenters. The van der Waals surface area contributed by atoms with E-state index in [-0.39, 0.29) is 24.0 Å². The van der Waals surface area contributed by atoms with Crippen molar-refractivity contribution in [2.75, 3.05) is 26.7 Å². The number of rotatable bonds is 7. The second-order valence-electron chi connectivity index (χ2n) is 7.55. The maximum atomic E-state index is 5.63. The topological polar surface area (TPSA) is 65.7 Å². The molecule has 1 aromatic heterocycles. The van der Waals surface area contributed by atoms with Gasteiger partial charge in [-0.2, -0.15) is 0 Å². The van der Waals surface area contributed by atoms with Crippen LogP contribution in [0.15, 0.2) is 39.9 Å². The normalized spacial score (nSPS) is 15.8. The van der Waals surface area contributed by atoms with Crippen molar-refractivity contribution >= 4 is 29.9 Å². The third-order valence-electron chi connectivity index (χ3n) is 5.27. The fraction of sp³-hybridized carbons (Fsp3) is 0.545. The van der Waals surface area contributed by atoms with Gasteiger partial charge in [0.15, 0.2) is 5.96 Å². The number of aryl methyl sites for hydroxylation is 1. The highest BCUT2D eigenvalue weighted by Crippen LogP contribution is 2.19. The number of aromatic nitrogens is 1. The molecule has 1 fully saturated rings. The van der Waals surface area contributed by atoms with Gasteiger partial charge in [-0.05, 0) is 44.9 Å². The lowest BCUT2D eigenvalue weighted by Crippen LogP contribution is -2.48. The Kier molecular flexibility index (Phi) is 9.93. The molecule has 0 amide bonds. The van der Waals surface area contributed by atoms with E-state index in [9.17, 15) is 0 Å². The fourth-order valence-electron chi connectivity index (χ4n) is 3.46. The summed E-state index contributed by atoms with van der Waals surface area (Å²) in [5, 5.41) is 6.91. The van der Waals surface area contributed by atoms with Gasteiger partial charge in [0.1, 0.15) is 6.26 Å². The largest absolute Gasteiger partial charge is 0.444 e. The number of halogens is 1. The maximum absolute atomic E-state index is 5.63. The van der Waals surface area contributed by atoms with Crippen molar-refractivity contribution in [3.63, 3.8) is 0 Å². The predicted molar refractivity (Wildman–Crippen MR) is 130 cm³/mol. The van der Waals surface area contributed by atoms with Crippen LogP contribution in [-0.4, -0.2) is 48.6 Å². The number of aliphatic imine (C=N–C) groups is 1. The van der Waals surface area contributed by atoms with Crippen LogP contribution in [0.4, 0.5) is 0 Å². The summed E-state index contributed by atoms with van der Waals surface area (Å²) in [6.45, 7) is 8.47. The highest BCUT2D eigenvalue weighted by Gasteiger charge is 2.19. The zero-order valence-electron chi connectivity index (χ0n) is 17.8. The summed E-state index contributed by atoms with van der Waals surface area (Å²) >= 11 is 0. The number of oxazole rings is 1. The molecular weight excluding hydrogens is 477 g/mol. The minimum Gasteiger partial charge on any atom is -0.444 e. The van der Waals surface area contributed by atoms with E-state index >= 15 is 0 Å². The van der Waals surface area contributed by atoms with Gasteiger partial charge in [0.05, 0.1) is 12.2 Å². The number of piperidine rings is 1. The summed E-state index contributed by atoms with van der Waals surface area (Å²) in [4.78, 5) is 11.5. The van der Waals surface area contributed by atoms with Gasteiger partial charge in [0.2, 0.25) is 5.89 Å². The molecule has 2 N–H and O–H groups in total. The Morgan fingerprint density at radius 1 is 1.24 bits per heavy atom. The smallest absolute Gasteiger partial charge is 0.226 e. The monoisotopic (exact) mass is 511 g/mol. The van der Waals surface area contributed by atoms with Gasteiger partial charge in [0.25, 0.3) is 0 Å². The molecule has 1 aliphatic heterocycles. The molecule has 0 radical (unpaired) electrons. The molecule has 0 bridgehead atoms. The minimum absolute atomic E-state index is 0. The summed E-state index contributed by atoms with van der Waals surface area (Å²) in [5.74, 6) is 1.48.